The minimum atomic E-state index is -0.824. The monoisotopic (exact) mass is 203 g/mol. The zero-order chi connectivity index (χ0) is 9.68. The third kappa shape index (κ3) is 3.56. The first-order valence-corrected chi connectivity index (χ1v) is 5.95. The lowest BCUT2D eigenvalue weighted by atomic mass is 10.1. The van der Waals surface area contributed by atoms with Gasteiger partial charge in [0.2, 0.25) is 5.91 Å². The van der Waals surface area contributed by atoms with Crippen molar-refractivity contribution in [2.24, 2.45) is 0 Å². The van der Waals surface area contributed by atoms with Crippen LogP contribution in [0.2, 0.25) is 0 Å². The maximum atomic E-state index is 11.3. The van der Waals surface area contributed by atoms with Crippen LogP contribution in [0.15, 0.2) is 0 Å². The van der Waals surface area contributed by atoms with Gasteiger partial charge in [-0.2, -0.15) is 11.8 Å². The van der Waals surface area contributed by atoms with E-state index in [0.29, 0.717) is 6.42 Å². The Morgan fingerprint density at radius 2 is 2.23 bits per heavy atom. The molecule has 1 unspecified atom stereocenters. The number of aliphatic hydroxyl groups is 1. The molecular weight excluding hydrogens is 186 g/mol. The quantitative estimate of drug-likeness (QED) is 0.712. The second kappa shape index (κ2) is 5.50. The fourth-order valence-corrected chi connectivity index (χ4v) is 2.43. The molecule has 0 aromatic rings. The first-order valence-electron chi connectivity index (χ1n) is 4.80. The van der Waals surface area contributed by atoms with E-state index in [1.165, 1.54) is 0 Å². The van der Waals surface area contributed by atoms with Gasteiger partial charge >= 0.3 is 0 Å². The predicted octanol–water partition coefficient (Wildman–Crippen LogP) is 0.769. The van der Waals surface area contributed by atoms with E-state index in [2.05, 4.69) is 5.32 Å². The van der Waals surface area contributed by atoms with Crippen LogP contribution in [0.1, 0.15) is 26.2 Å². The molecule has 0 radical (unpaired) electrons. The van der Waals surface area contributed by atoms with Crippen molar-refractivity contribution in [2.75, 3.05) is 11.5 Å². The van der Waals surface area contributed by atoms with Crippen LogP contribution in [0.4, 0.5) is 0 Å². The summed E-state index contributed by atoms with van der Waals surface area (Å²) in [5.41, 5.74) is 0. The zero-order valence-electron chi connectivity index (χ0n) is 7.95. The second-order valence-electron chi connectivity index (χ2n) is 3.32. The fourth-order valence-electron chi connectivity index (χ4n) is 1.32. The summed E-state index contributed by atoms with van der Waals surface area (Å²) in [4.78, 5) is 11.3. The Kier molecular flexibility index (Phi) is 4.59. The van der Waals surface area contributed by atoms with Crippen LogP contribution in [-0.4, -0.2) is 34.7 Å². The molecule has 1 rings (SSSR count). The standard InChI is InChI=1S/C9H17NO2S/c1-2-8(11)9(12)10-7-3-5-13-6-4-7/h7-8,11H,2-6H2,1H3,(H,10,12). The van der Waals surface area contributed by atoms with Crippen LogP contribution < -0.4 is 5.32 Å². The molecule has 2 N–H and O–H groups in total. The average Bonchev–Trinajstić information content (AvgIpc) is 2.18. The molecule has 4 heteroatoms. The maximum Gasteiger partial charge on any atom is 0.249 e. The molecule has 1 heterocycles. The van der Waals surface area contributed by atoms with Gasteiger partial charge < -0.3 is 10.4 Å². The van der Waals surface area contributed by atoms with Gasteiger partial charge in [0, 0.05) is 6.04 Å². The predicted molar refractivity (Wildman–Crippen MR) is 54.8 cm³/mol. The molecule has 13 heavy (non-hydrogen) atoms. The Morgan fingerprint density at radius 3 is 2.77 bits per heavy atom. The Morgan fingerprint density at radius 1 is 1.62 bits per heavy atom. The van der Waals surface area contributed by atoms with E-state index in [1.807, 2.05) is 11.8 Å². The van der Waals surface area contributed by atoms with Gasteiger partial charge in [-0.05, 0) is 30.8 Å². The lowest BCUT2D eigenvalue weighted by Crippen LogP contribution is -2.42. The van der Waals surface area contributed by atoms with Gasteiger partial charge in [0.1, 0.15) is 6.10 Å². The molecule has 1 atom stereocenters. The normalized spacial score (nSPS) is 21.1. The molecule has 3 nitrogen and oxygen atoms in total. The van der Waals surface area contributed by atoms with E-state index in [-0.39, 0.29) is 11.9 Å². The van der Waals surface area contributed by atoms with Crippen molar-refractivity contribution in [2.45, 2.75) is 38.3 Å². The van der Waals surface area contributed by atoms with Crippen molar-refractivity contribution in [3.63, 3.8) is 0 Å². The topological polar surface area (TPSA) is 49.3 Å². The van der Waals surface area contributed by atoms with Crippen molar-refractivity contribution in [1.29, 1.82) is 0 Å². The highest BCUT2D eigenvalue weighted by molar-refractivity contribution is 7.99. The Hall–Kier alpha value is -0.220. The summed E-state index contributed by atoms with van der Waals surface area (Å²) in [6, 6.07) is 0.287. The number of nitrogens with one attached hydrogen (secondary N) is 1. The highest BCUT2D eigenvalue weighted by atomic mass is 32.2. The summed E-state index contributed by atoms with van der Waals surface area (Å²) in [5, 5.41) is 12.1. The molecule has 0 saturated carbocycles. The molecule has 0 aliphatic carbocycles. The van der Waals surface area contributed by atoms with Crippen LogP contribution in [0.3, 0.4) is 0 Å². The lowest BCUT2D eigenvalue weighted by Gasteiger charge is -2.23. The fraction of sp³-hybridized carbons (Fsp3) is 0.889. The van der Waals surface area contributed by atoms with Gasteiger partial charge in [-0.25, -0.2) is 0 Å². The Balaban J connectivity index is 2.26. The molecule has 0 bridgehead atoms. The number of carbonyl (C=O) groups is 1. The van der Waals surface area contributed by atoms with E-state index in [9.17, 15) is 9.90 Å². The number of hydrogen-bond acceptors (Lipinski definition) is 3. The highest BCUT2D eigenvalue weighted by Crippen LogP contribution is 2.16. The number of rotatable bonds is 3. The number of hydrogen-bond donors (Lipinski definition) is 2. The molecule has 76 valence electrons. The summed E-state index contributed by atoms with van der Waals surface area (Å²) < 4.78 is 0. The van der Waals surface area contributed by atoms with E-state index in [1.54, 1.807) is 6.92 Å². The van der Waals surface area contributed by atoms with Gasteiger partial charge in [0.25, 0.3) is 0 Å². The number of carbonyl (C=O) groups excluding carboxylic acids is 1. The number of amides is 1. The maximum absolute atomic E-state index is 11.3. The van der Waals surface area contributed by atoms with E-state index >= 15 is 0 Å². The minimum absolute atomic E-state index is 0.209. The Labute approximate surface area is 83.3 Å². The first-order chi connectivity index (χ1) is 6.24. The summed E-state index contributed by atoms with van der Waals surface area (Å²) in [6.07, 6.45) is 1.74. The molecular formula is C9H17NO2S. The molecule has 1 amide bonds. The van der Waals surface area contributed by atoms with Crippen molar-refractivity contribution >= 4 is 17.7 Å². The molecule has 1 aliphatic rings. The summed E-state index contributed by atoms with van der Waals surface area (Å²) >= 11 is 1.93. The van der Waals surface area contributed by atoms with Gasteiger partial charge in [-0.1, -0.05) is 6.92 Å². The van der Waals surface area contributed by atoms with Crippen LogP contribution in [0.25, 0.3) is 0 Å². The van der Waals surface area contributed by atoms with Gasteiger partial charge in [0.15, 0.2) is 0 Å². The highest BCUT2D eigenvalue weighted by Gasteiger charge is 2.19. The van der Waals surface area contributed by atoms with Crippen LogP contribution in [0, 0.1) is 0 Å². The zero-order valence-corrected chi connectivity index (χ0v) is 8.77. The third-order valence-electron chi connectivity index (χ3n) is 2.26. The van der Waals surface area contributed by atoms with Gasteiger partial charge in [-0.15, -0.1) is 0 Å². The third-order valence-corrected chi connectivity index (χ3v) is 3.31. The van der Waals surface area contributed by atoms with Gasteiger partial charge in [0.05, 0.1) is 0 Å². The number of thioether (sulfide) groups is 1. The van der Waals surface area contributed by atoms with E-state index in [0.717, 1.165) is 24.3 Å². The molecule has 0 aromatic heterocycles. The first kappa shape index (κ1) is 10.9. The largest absolute Gasteiger partial charge is 0.383 e. The molecule has 1 fully saturated rings. The van der Waals surface area contributed by atoms with Crippen LogP contribution >= 0.6 is 11.8 Å². The molecule has 1 aliphatic heterocycles. The van der Waals surface area contributed by atoms with E-state index in [4.69, 9.17) is 0 Å². The van der Waals surface area contributed by atoms with Crippen LogP contribution in [0.5, 0.6) is 0 Å². The SMILES string of the molecule is CCC(O)C(=O)NC1CCSCC1. The summed E-state index contributed by atoms with van der Waals surface area (Å²) in [7, 11) is 0. The molecule has 0 aromatic carbocycles. The molecule has 0 spiro atoms. The van der Waals surface area contributed by atoms with Gasteiger partial charge in [-0.3, -0.25) is 4.79 Å². The second-order valence-corrected chi connectivity index (χ2v) is 4.54. The lowest BCUT2D eigenvalue weighted by molar-refractivity contribution is -0.130. The van der Waals surface area contributed by atoms with E-state index < -0.39 is 6.10 Å². The Bertz CT molecular complexity index is 169. The average molecular weight is 203 g/mol. The van der Waals surface area contributed by atoms with Crippen molar-refractivity contribution in [3.8, 4) is 0 Å². The van der Waals surface area contributed by atoms with Crippen LogP contribution in [-0.2, 0) is 4.79 Å². The summed E-state index contributed by atoms with van der Waals surface area (Å²) in [5.74, 6) is 2.03. The minimum Gasteiger partial charge on any atom is -0.383 e. The molecule has 1 saturated heterocycles. The summed E-state index contributed by atoms with van der Waals surface area (Å²) in [6.45, 7) is 1.81. The van der Waals surface area contributed by atoms with Crippen molar-refractivity contribution in [3.05, 3.63) is 0 Å². The van der Waals surface area contributed by atoms with Crippen molar-refractivity contribution < 1.29 is 9.90 Å². The smallest absolute Gasteiger partial charge is 0.249 e. The number of aliphatic hydroxyl groups excluding tert-OH is 1. The van der Waals surface area contributed by atoms with Crippen molar-refractivity contribution in [1.82, 2.24) is 5.32 Å².